The summed E-state index contributed by atoms with van der Waals surface area (Å²) in [4.78, 5) is 16.2. The van der Waals surface area contributed by atoms with Crippen LogP contribution in [-0.4, -0.2) is 33.8 Å². The Labute approximate surface area is 216 Å². The van der Waals surface area contributed by atoms with Gasteiger partial charge in [-0.25, -0.2) is 4.98 Å². The quantitative estimate of drug-likeness (QED) is 0.323. The van der Waals surface area contributed by atoms with Crippen molar-refractivity contribution in [1.82, 2.24) is 9.55 Å². The lowest BCUT2D eigenvalue weighted by atomic mass is 9.98. The highest BCUT2D eigenvalue weighted by molar-refractivity contribution is 5.79. The van der Waals surface area contributed by atoms with E-state index in [1.54, 1.807) is 0 Å². The minimum absolute atomic E-state index is 0.00486. The summed E-state index contributed by atoms with van der Waals surface area (Å²) in [6.07, 6.45) is 2.13. The predicted octanol–water partition coefficient (Wildman–Crippen LogP) is 6.06. The molecule has 0 amide bonds. The van der Waals surface area contributed by atoms with E-state index < -0.39 is 5.97 Å². The minimum atomic E-state index is -0.803. The summed E-state index contributed by atoms with van der Waals surface area (Å²) in [5, 5.41) is 12.7. The third-order valence-corrected chi connectivity index (χ3v) is 7.51. The Morgan fingerprint density at radius 1 is 1.16 bits per heavy atom. The number of imidazole rings is 1. The molecule has 0 spiro atoms. The molecule has 37 heavy (non-hydrogen) atoms. The first-order chi connectivity index (χ1) is 18.0. The van der Waals surface area contributed by atoms with Crippen LogP contribution < -0.4 is 10.1 Å². The average molecular weight is 498 g/mol. The number of nitrogens with zero attached hydrogens (tertiary/aromatic N) is 2. The summed E-state index contributed by atoms with van der Waals surface area (Å²) in [5.74, 6) is 0.843. The summed E-state index contributed by atoms with van der Waals surface area (Å²) in [7, 11) is 0. The van der Waals surface area contributed by atoms with Crippen LogP contribution in [0.3, 0.4) is 0 Å². The molecule has 1 fully saturated rings. The summed E-state index contributed by atoms with van der Waals surface area (Å²) in [6, 6.07) is 18.8. The Bertz CT molecular complexity index is 1490. The van der Waals surface area contributed by atoms with Gasteiger partial charge in [-0.15, -0.1) is 0 Å². The number of carboxylic acids is 1. The lowest BCUT2D eigenvalue weighted by Crippen LogP contribution is -2.10. The molecule has 190 valence electrons. The summed E-state index contributed by atoms with van der Waals surface area (Å²) in [6.45, 7) is 6.10. The zero-order chi connectivity index (χ0) is 25.5. The second-order valence-electron chi connectivity index (χ2n) is 10.1. The van der Waals surface area contributed by atoms with E-state index in [2.05, 4.69) is 60.1 Å². The standard InChI is InChI=1S/C30H31N3O4/c1-18-8-11-26-24(13-18)32-30(27-7-4-12-36-27)33(26)25-6-3-5-20(19(25)2)16-31-22-9-10-23-21(14-29(34)35)17-37-28(23)15-22/h3,5-6,8-11,13,15,21,27,31H,4,7,12,14,16-17H2,1-2H3,(H,34,35)/t21-,27-/m1/s1. The molecule has 2 atom stereocenters. The fourth-order valence-corrected chi connectivity index (χ4v) is 5.53. The molecule has 0 bridgehead atoms. The zero-order valence-corrected chi connectivity index (χ0v) is 21.2. The van der Waals surface area contributed by atoms with Crippen LogP contribution in [0, 0.1) is 13.8 Å². The molecule has 2 N–H and O–H groups in total. The molecule has 0 radical (unpaired) electrons. The van der Waals surface area contributed by atoms with Crippen molar-refractivity contribution in [3.05, 3.63) is 82.7 Å². The number of hydrogen-bond acceptors (Lipinski definition) is 5. The van der Waals surface area contributed by atoms with Gasteiger partial charge in [0.25, 0.3) is 0 Å². The van der Waals surface area contributed by atoms with E-state index >= 15 is 0 Å². The van der Waals surface area contributed by atoms with E-state index in [9.17, 15) is 4.79 Å². The third kappa shape index (κ3) is 4.44. The molecule has 2 aliphatic rings. The van der Waals surface area contributed by atoms with Crippen molar-refractivity contribution in [3.63, 3.8) is 0 Å². The molecule has 7 heteroatoms. The number of aryl methyl sites for hydroxylation is 1. The predicted molar refractivity (Wildman–Crippen MR) is 143 cm³/mol. The molecule has 2 aliphatic heterocycles. The number of fused-ring (bicyclic) bond motifs is 2. The SMILES string of the molecule is Cc1ccc2c(c1)nc([C@H]1CCCO1)n2-c1cccc(CNc2ccc3c(c2)OC[C@H]3CC(=O)O)c1C. The van der Waals surface area contributed by atoms with Crippen LogP contribution >= 0.6 is 0 Å². The second kappa shape index (κ2) is 9.56. The molecule has 3 aromatic carbocycles. The van der Waals surface area contributed by atoms with E-state index in [0.717, 1.165) is 59.0 Å². The summed E-state index contributed by atoms with van der Waals surface area (Å²) >= 11 is 0. The van der Waals surface area contributed by atoms with E-state index in [0.29, 0.717) is 13.2 Å². The van der Waals surface area contributed by atoms with E-state index in [1.165, 1.54) is 16.7 Å². The highest BCUT2D eigenvalue weighted by Crippen LogP contribution is 2.38. The van der Waals surface area contributed by atoms with Crippen molar-refractivity contribution >= 4 is 22.7 Å². The molecular formula is C30H31N3O4. The van der Waals surface area contributed by atoms with Crippen molar-refractivity contribution in [2.45, 2.75) is 51.7 Å². The van der Waals surface area contributed by atoms with Crippen LogP contribution in [0.2, 0.25) is 0 Å². The first-order valence-electron chi connectivity index (χ1n) is 12.9. The first-order valence-corrected chi connectivity index (χ1v) is 12.9. The van der Waals surface area contributed by atoms with Crippen LogP contribution in [0.25, 0.3) is 16.7 Å². The number of rotatable bonds is 7. The maximum absolute atomic E-state index is 11.1. The van der Waals surface area contributed by atoms with Crippen LogP contribution in [0.1, 0.15) is 59.4 Å². The van der Waals surface area contributed by atoms with Crippen LogP contribution in [0.4, 0.5) is 5.69 Å². The normalized spacial score (nSPS) is 18.6. The van der Waals surface area contributed by atoms with E-state index in [-0.39, 0.29) is 18.4 Å². The molecule has 0 saturated carbocycles. The van der Waals surface area contributed by atoms with Crippen LogP contribution in [0.5, 0.6) is 5.75 Å². The number of ether oxygens (including phenoxy) is 2. The number of carboxylic acid groups (broad SMARTS) is 1. The Morgan fingerprint density at radius 2 is 2.05 bits per heavy atom. The van der Waals surface area contributed by atoms with Gasteiger partial charge in [0, 0.05) is 36.4 Å². The Balaban J connectivity index is 1.30. The van der Waals surface area contributed by atoms with Crippen molar-refractivity contribution in [2.75, 3.05) is 18.5 Å². The van der Waals surface area contributed by atoms with Gasteiger partial charge in [-0.2, -0.15) is 0 Å². The molecule has 4 aromatic rings. The largest absolute Gasteiger partial charge is 0.493 e. The van der Waals surface area contributed by atoms with Gasteiger partial charge < -0.3 is 19.9 Å². The topological polar surface area (TPSA) is 85.6 Å². The number of carbonyl (C=O) groups is 1. The number of benzene rings is 3. The molecule has 0 unspecified atom stereocenters. The highest BCUT2D eigenvalue weighted by Gasteiger charge is 2.27. The van der Waals surface area contributed by atoms with Crippen molar-refractivity contribution in [1.29, 1.82) is 0 Å². The summed E-state index contributed by atoms with van der Waals surface area (Å²) < 4.78 is 14.1. The lowest BCUT2D eigenvalue weighted by Gasteiger charge is -2.18. The molecular weight excluding hydrogens is 466 g/mol. The maximum atomic E-state index is 11.1. The van der Waals surface area contributed by atoms with E-state index in [4.69, 9.17) is 19.6 Å². The molecule has 0 aliphatic carbocycles. The number of hydrogen-bond donors (Lipinski definition) is 2. The number of aromatic nitrogens is 2. The molecule has 6 rings (SSSR count). The first kappa shape index (κ1) is 23.6. The monoisotopic (exact) mass is 497 g/mol. The average Bonchev–Trinajstić information content (AvgIpc) is 3.62. The molecule has 1 aromatic heterocycles. The molecule has 7 nitrogen and oxygen atoms in total. The molecule has 3 heterocycles. The van der Waals surface area contributed by atoms with Crippen molar-refractivity contribution in [3.8, 4) is 11.4 Å². The van der Waals surface area contributed by atoms with Crippen molar-refractivity contribution in [2.24, 2.45) is 0 Å². The minimum Gasteiger partial charge on any atom is -0.493 e. The van der Waals surface area contributed by atoms with Crippen molar-refractivity contribution < 1.29 is 19.4 Å². The number of anilines is 1. The van der Waals surface area contributed by atoms with Gasteiger partial charge in [-0.1, -0.05) is 24.3 Å². The van der Waals surface area contributed by atoms with Gasteiger partial charge in [-0.3, -0.25) is 9.36 Å². The lowest BCUT2D eigenvalue weighted by molar-refractivity contribution is -0.137. The second-order valence-corrected chi connectivity index (χ2v) is 10.1. The smallest absolute Gasteiger partial charge is 0.304 e. The van der Waals surface area contributed by atoms with Gasteiger partial charge in [-0.05, 0) is 67.6 Å². The Hall–Kier alpha value is -3.84. The summed E-state index contributed by atoms with van der Waals surface area (Å²) in [5.41, 5.74) is 8.69. The molecule has 1 saturated heterocycles. The van der Waals surface area contributed by atoms with Gasteiger partial charge in [0.2, 0.25) is 0 Å². The number of aliphatic carboxylic acids is 1. The van der Waals surface area contributed by atoms with Gasteiger partial charge >= 0.3 is 5.97 Å². The highest BCUT2D eigenvalue weighted by atomic mass is 16.5. The van der Waals surface area contributed by atoms with Gasteiger partial charge in [0.05, 0.1) is 29.7 Å². The zero-order valence-electron chi connectivity index (χ0n) is 21.2. The Kier molecular flexibility index (Phi) is 6.08. The maximum Gasteiger partial charge on any atom is 0.304 e. The Morgan fingerprint density at radius 3 is 2.86 bits per heavy atom. The number of nitrogens with one attached hydrogen (secondary N) is 1. The van der Waals surface area contributed by atoms with Crippen LogP contribution in [0.15, 0.2) is 54.6 Å². The third-order valence-electron chi connectivity index (χ3n) is 7.51. The van der Waals surface area contributed by atoms with E-state index in [1.807, 2.05) is 18.2 Å². The fourth-order valence-electron chi connectivity index (χ4n) is 5.53. The van der Waals surface area contributed by atoms with Gasteiger partial charge in [0.1, 0.15) is 17.7 Å². The fraction of sp³-hybridized carbons (Fsp3) is 0.333. The van der Waals surface area contributed by atoms with Crippen LogP contribution in [-0.2, 0) is 16.1 Å². The van der Waals surface area contributed by atoms with Gasteiger partial charge in [0.15, 0.2) is 0 Å².